The molecule has 32 heavy (non-hydrogen) atoms. The normalized spacial score (nSPS) is 13.7. The van der Waals surface area contributed by atoms with Gasteiger partial charge in [-0.1, -0.05) is 30.3 Å². The summed E-state index contributed by atoms with van der Waals surface area (Å²) in [7, 11) is 0. The quantitative estimate of drug-likeness (QED) is 0.442. The van der Waals surface area contributed by atoms with Crippen LogP contribution in [0.2, 0.25) is 0 Å². The number of benzene rings is 1. The molecule has 0 fully saturated rings. The second-order valence-electron chi connectivity index (χ2n) is 8.63. The highest BCUT2D eigenvalue weighted by Gasteiger charge is 2.22. The van der Waals surface area contributed by atoms with Crippen LogP contribution in [0.25, 0.3) is 28.3 Å². The average Bonchev–Trinajstić information content (AvgIpc) is 3.54. The number of fused-ring (bicyclic) bond motifs is 2. The Morgan fingerprint density at radius 2 is 1.81 bits per heavy atom. The summed E-state index contributed by atoms with van der Waals surface area (Å²) in [5, 5.41) is 4.29. The Morgan fingerprint density at radius 1 is 0.969 bits per heavy atom. The number of aryl methyl sites for hydroxylation is 2. The molecule has 1 aliphatic carbocycles. The van der Waals surface area contributed by atoms with Gasteiger partial charge in [0.1, 0.15) is 12.2 Å². The van der Waals surface area contributed by atoms with E-state index in [9.17, 15) is 0 Å². The van der Waals surface area contributed by atoms with Crippen LogP contribution in [0.15, 0.2) is 67.1 Å². The zero-order chi connectivity index (χ0) is 21.5. The second kappa shape index (κ2) is 7.71. The number of hydrogen-bond donors (Lipinski definition) is 1. The smallest absolute Gasteiger partial charge is 0.155 e. The van der Waals surface area contributed by atoms with Gasteiger partial charge < -0.3 is 4.98 Å². The molecule has 4 aromatic heterocycles. The number of aromatic amines is 1. The maximum absolute atomic E-state index is 5.03. The van der Waals surface area contributed by atoms with Gasteiger partial charge in [0.05, 0.1) is 17.1 Å². The lowest BCUT2D eigenvalue weighted by atomic mass is 10.00. The molecule has 0 saturated carbocycles. The number of nitrogens with zero attached hydrogens (tertiary/aromatic N) is 5. The van der Waals surface area contributed by atoms with Crippen molar-refractivity contribution in [2.75, 3.05) is 0 Å². The lowest BCUT2D eigenvalue weighted by Crippen LogP contribution is -2.02. The molecule has 6 rings (SSSR count). The Morgan fingerprint density at radius 3 is 2.62 bits per heavy atom. The fraction of sp³-hybridized carbons (Fsp3) is 0.231. The van der Waals surface area contributed by atoms with Crippen molar-refractivity contribution in [2.24, 2.45) is 5.92 Å². The molecule has 0 spiro atoms. The van der Waals surface area contributed by atoms with Crippen LogP contribution in [0.3, 0.4) is 0 Å². The van der Waals surface area contributed by atoms with Gasteiger partial charge in [0.15, 0.2) is 5.65 Å². The molecule has 0 unspecified atom stereocenters. The summed E-state index contributed by atoms with van der Waals surface area (Å²) in [4.78, 5) is 17.6. The molecule has 4 heterocycles. The van der Waals surface area contributed by atoms with Gasteiger partial charge in [-0.15, -0.1) is 0 Å². The van der Waals surface area contributed by atoms with Gasteiger partial charge in [-0.3, -0.25) is 4.98 Å². The highest BCUT2D eigenvalue weighted by molar-refractivity contribution is 5.77. The summed E-state index contributed by atoms with van der Waals surface area (Å²) < 4.78 is 1.78. The van der Waals surface area contributed by atoms with Crippen molar-refractivity contribution in [1.82, 2.24) is 29.5 Å². The molecule has 1 N–H and O–H groups in total. The molecule has 6 heteroatoms. The number of imidazole rings is 1. The van der Waals surface area contributed by atoms with Crippen molar-refractivity contribution in [3.8, 4) is 22.6 Å². The predicted octanol–water partition coefficient (Wildman–Crippen LogP) is 4.84. The largest absolute Gasteiger partial charge is 0.340 e. The first-order valence-corrected chi connectivity index (χ1v) is 11.1. The van der Waals surface area contributed by atoms with Crippen molar-refractivity contribution in [1.29, 1.82) is 0 Å². The number of nitrogens with one attached hydrogen (secondary N) is 1. The standard InChI is InChI=1S/C26H24N6/c1-17-5-4-8-22(29-17)26-25(21-10-12-24-27-16-28-32(24)15-21)30-23(31-26)11-9-18-13-19-6-2-3-7-20(19)14-18/h2-8,10,12,15-16,18H,9,11,13-14H2,1H3,(H,30,31). The monoisotopic (exact) mass is 420 g/mol. The Hall–Kier alpha value is -3.80. The summed E-state index contributed by atoms with van der Waals surface area (Å²) in [5.41, 5.74) is 8.58. The maximum Gasteiger partial charge on any atom is 0.155 e. The van der Waals surface area contributed by atoms with E-state index in [2.05, 4.69) is 45.4 Å². The van der Waals surface area contributed by atoms with Gasteiger partial charge in [0.25, 0.3) is 0 Å². The third-order valence-electron chi connectivity index (χ3n) is 6.37. The zero-order valence-corrected chi connectivity index (χ0v) is 18.0. The number of H-pyrrole nitrogens is 1. The lowest BCUT2D eigenvalue weighted by molar-refractivity contribution is 0.508. The molecular weight excluding hydrogens is 396 g/mol. The van der Waals surface area contributed by atoms with E-state index in [1.54, 1.807) is 10.8 Å². The molecule has 1 aromatic carbocycles. The van der Waals surface area contributed by atoms with E-state index in [1.165, 1.54) is 24.0 Å². The van der Waals surface area contributed by atoms with E-state index in [1.807, 2.05) is 37.4 Å². The predicted molar refractivity (Wildman–Crippen MR) is 124 cm³/mol. The van der Waals surface area contributed by atoms with Crippen LogP contribution in [0, 0.1) is 12.8 Å². The summed E-state index contributed by atoms with van der Waals surface area (Å²) in [6, 6.07) is 18.9. The highest BCUT2D eigenvalue weighted by atomic mass is 15.3. The first-order valence-electron chi connectivity index (χ1n) is 11.1. The van der Waals surface area contributed by atoms with Crippen LogP contribution in [0.5, 0.6) is 0 Å². The van der Waals surface area contributed by atoms with Crippen LogP contribution in [0.4, 0.5) is 0 Å². The SMILES string of the molecule is Cc1cccc(-c2[nH]c(CCC3Cc4ccccc4C3)nc2-c2ccc3ncnn3c2)n1. The topological polar surface area (TPSA) is 71.8 Å². The molecule has 0 bridgehead atoms. The summed E-state index contributed by atoms with van der Waals surface area (Å²) in [6.45, 7) is 2.01. The van der Waals surface area contributed by atoms with Gasteiger partial charge in [-0.2, -0.15) is 5.10 Å². The van der Waals surface area contributed by atoms with Crippen LogP contribution in [-0.4, -0.2) is 29.5 Å². The van der Waals surface area contributed by atoms with E-state index < -0.39 is 0 Å². The molecule has 0 saturated heterocycles. The van der Waals surface area contributed by atoms with Crippen molar-refractivity contribution in [3.63, 3.8) is 0 Å². The summed E-state index contributed by atoms with van der Waals surface area (Å²) >= 11 is 0. The zero-order valence-electron chi connectivity index (χ0n) is 18.0. The lowest BCUT2D eigenvalue weighted by Gasteiger charge is -2.06. The third kappa shape index (κ3) is 3.47. The minimum absolute atomic E-state index is 0.674. The van der Waals surface area contributed by atoms with Crippen LogP contribution in [0.1, 0.15) is 29.1 Å². The number of pyridine rings is 2. The molecule has 1 aliphatic rings. The van der Waals surface area contributed by atoms with Gasteiger partial charge in [-0.25, -0.2) is 14.5 Å². The van der Waals surface area contributed by atoms with Gasteiger partial charge >= 0.3 is 0 Å². The van der Waals surface area contributed by atoms with E-state index >= 15 is 0 Å². The molecular formula is C26H24N6. The fourth-order valence-electron chi connectivity index (χ4n) is 4.77. The van der Waals surface area contributed by atoms with E-state index in [0.29, 0.717) is 5.92 Å². The van der Waals surface area contributed by atoms with Gasteiger partial charge in [0.2, 0.25) is 0 Å². The number of hydrogen-bond acceptors (Lipinski definition) is 4. The maximum atomic E-state index is 5.03. The molecule has 0 aliphatic heterocycles. The number of rotatable bonds is 5. The first kappa shape index (κ1) is 18.9. The van der Waals surface area contributed by atoms with E-state index in [0.717, 1.165) is 52.7 Å². The fourth-order valence-corrected chi connectivity index (χ4v) is 4.77. The Labute approximate surface area is 186 Å². The van der Waals surface area contributed by atoms with Gasteiger partial charge in [-0.05, 0) is 67.5 Å². The summed E-state index contributed by atoms with van der Waals surface area (Å²) in [5.74, 6) is 1.68. The Kier molecular flexibility index (Phi) is 4.56. The molecule has 6 nitrogen and oxygen atoms in total. The second-order valence-corrected chi connectivity index (χ2v) is 8.63. The van der Waals surface area contributed by atoms with Crippen molar-refractivity contribution >= 4 is 5.65 Å². The van der Waals surface area contributed by atoms with Crippen molar-refractivity contribution in [3.05, 3.63) is 89.8 Å². The molecule has 5 aromatic rings. The third-order valence-corrected chi connectivity index (χ3v) is 6.37. The molecule has 0 radical (unpaired) electrons. The molecule has 0 amide bonds. The van der Waals surface area contributed by atoms with Crippen molar-refractivity contribution < 1.29 is 0 Å². The highest BCUT2D eigenvalue weighted by Crippen LogP contribution is 2.32. The Bertz CT molecular complexity index is 1390. The number of aromatic nitrogens is 6. The summed E-state index contributed by atoms with van der Waals surface area (Å²) in [6.07, 6.45) is 7.92. The first-order chi connectivity index (χ1) is 15.7. The van der Waals surface area contributed by atoms with Gasteiger partial charge in [0, 0.05) is 23.9 Å². The van der Waals surface area contributed by atoms with Crippen LogP contribution in [-0.2, 0) is 19.3 Å². The van der Waals surface area contributed by atoms with Crippen molar-refractivity contribution in [2.45, 2.75) is 32.6 Å². The van der Waals surface area contributed by atoms with E-state index in [-0.39, 0.29) is 0 Å². The molecule has 158 valence electrons. The Balaban J connectivity index is 1.32. The van der Waals surface area contributed by atoms with Crippen LogP contribution < -0.4 is 0 Å². The molecule has 0 atom stereocenters. The average molecular weight is 421 g/mol. The minimum atomic E-state index is 0.674. The van der Waals surface area contributed by atoms with E-state index in [4.69, 9.17) is 9.97 Å². The van der Waals surface area contributed by atoms with Crippen LogP contribution >= 0.6 is 0 Å². The minimum Gasteiger partial charge on any atom is -0.340 e.